The highest BCUT2D eigenvalue weighted by Crippen LogP contribution is 2.65. The molecule has 4 aliphatic carbocycles. The molecule has 0 aliphatic heterocycles. The number of aliphatic hydroxyl groups is 1. The van der Waals surface area contributed by atoms with Gasteiger partial charge in [0, 0.05) is 6.20 Å². The number of hydrogen-bond acceptors (Lipinski definition) is 3. The van der Waals surface area contributed by atoms with E-state index in [1.807, 2.05) is 27.7 Å². The molecule has 1 heterocycles. The van der Waals surface area contributed by atoms with Crippen LogP contribution in [-0.4, -0.2) is 21.0 Å². The number of aromatic nitrogens is 2. The predicted molar refractivity (Wildman–Crippen MR) is 145 cm³/mol. The van der Waals surface area contributed by atoms with Crippen molar-refractivity contribution in [3.8, 4) is 6.07 Å². The molecule has 4 heteroatoms. The molecule has 0 spiro atoms. The Bertz CT molecular complexity index is 812. The van der Waals surface area contributed by atoms with Crippen LogP contribution in [0.5, 0.6) is 0 Å². The first-order chi connectivity index (χ1) is 17.0. The van der Waals surface area contributed by atoms with Crippen molar-refractivity contribution in [3.05, 3.63) is 18.0 Å². The van der Waals surface area contributed by atoms with Crippen molar-refractivity contribution in [2.45, 2.75) is 125 Å². The van der Waals surface area contributed by atoms with E-state index in [1.165, 1.54) is 64.2 Å². The predicted octanol–water partition coefficient (Wildman–Crippen LogP) is 7.85. The quantitative estimate of drug-likeness (QED) is 0.464. The summed E-state index contributed by atoms with van der Waals surface area (Å²) in [5.74, 6) is 6.03. The molecule has 35 heavy (non-hydrogen) atoms. The molecule has 1 aromatic heterocycles. The van der Waals surface area contributed by atoms with Gasteiger partial charge in [0.2, 0.25) is 0 Å². The van der Waals surface area contributed by atoms with E-state index in [-0.39, 0.29) is 11.5 Å². The van der Waals surface area contributed by atoms with Crippen LogP contribution in [0.2, 0.25) is 0 Å². The number of nitrogens with zero attached hydrogens (tertiary/aromatic N) is 3. The Morgan fingerprint density at radius 2 is 1.80 bits per heavy atom. The van der Waals surface area contributed by atoms with Crippen molar-refractivity contribution < 1.29 is 5.11 Å². The standard InChI is InChI=1S/C27H41N3O.2C2H6/c1-3-4-18-5-7-21-20(13-18)6-8-23-22(21)11-12-27(2)24(23)9-10-25(27)26(31)17-30-16-19(14-28)15-29-30;2*1-2/h15-16,18,20-26,31H,3-13,17H2,1-2H3;2*1-2H3/t18?,20?,21?,22?,23?,24?,25-,26-,27?;;/m1../s1. The highest BCUT2D eigenvalue weighted by atomic mass is 16.3. The normalized spacial score (nSPS) is 38.3. The second-order valence-corrected chi connectivity index (χ2v) is 11.8. The molecule has 4 saturated carbocycles. The average molecular weight is 484 g/mol. The largest absolute Gasteiger partial charge is 0.391 e. The number of fused-ring (bicyclic) bond motifs is 5. The summed E-state index contributed by atoms with van der Waals surface area (Å²) in [4.78, 5) is 0. The first-order valence-electron chi connectivity index (χ1n) is 15.1. The lowest BCUT2D eigenvalue weighted by Crippen LogP contribution is -2.50. The summed E-state index contributed by atoms with van der Waals surface area (Å²) in [6.07, 6.45) is 18.4. The maximum Gasteiger partial charge on any atom is 0.102 e. The van der Waals surface area contributed by atoms with Crippen LogP contribution in [0.3, 0.4) is 0 Å². The highest BCUT2D eigenvalue weighted by molar-refractivity contribution is 5.21. The Kier molecular flexibility index (Phi) is 10.3. The average Bonchev–Trinajstić information content (AvgIpc) is 3.50. The van der Waals surface area contributed by atoms with Gasteiger partial charge in [-0.3, -0.25) is 4.68 Å². The lowest BCUT2D eigenvalue weighted by molar-refractivity contribution is -0.0865. The van der Waals surface area contributed by atoms with Crippen LogP contribution in [0.4, 0.5) is 0 Å². The number of rotatable bonds is 5. The van der Waals surface area contributed by atoms with Gasteiger partial charge >= 0.3 is 0 Å². The van der Waals surface area contributed by atoms with Crippen LogP contribution < -0.4 is 0 Å². The van der Waals surface area contributed by atoms with E-state index in [0.29, 0.717) is 18.0 Å². The van der Waals surface area contributed by atoms with Gasteiger partial charge in [-0.2, -0.15) is 10.4 Å². The van der Waals surface area contributed by atoms with E-state index in [1.54, 1.807) is 17.1 Å². The topological polar surface area (TPSA) is 61.8 Å². The third-order valence-electron chi connectivity index (χ3n) is 10.4. The first-order valence-corrected chi connectivity index (χ1v) is 15.1. The third-order valence-corrected chi connectivity index (χ3v) is 10.4. The van der Waals surface area contributed by atoms with Gasteiger partial charge in [0.1, 0.15) is 6.07 Å². The van der Waals surface area contributed by atoms with E-state index in [4.69, 9.17) is 5.26 Å². The first kappa shape index (κ1) is 28.2. The molecule has 0 bridgehead atoms. The minimum Gasteiger partial charge on any atom is -0.391 e. The Labute approximate surface area is 215 Å². The molecule has 0 aromatic carbocycles. The maximum absolute atomic E-state index is 11.2. The number of nitriles is 1. The molecule has 0 radical (unpaired) electrons. The van der Waals surface area contributed by atoms with E-state index in [0.717, 1.165) is 41.9 Å². The molecule has 198 valence electrons. The molecular weight excluding hydrogens is 430 g/mol. The van der Waals surface area contributed by atoms with Gasteiger partial charge < -0.3 is 5.11 Å². The van der Waals surface area contributed by atoms with Gasteiger partial charge in [-0.1, -0.05) is 60.8 Å². The van der Waals surface area contributed by atoms with Crippen LogP contribution >= 0.6 is 0 Å². The fourth-order valence-electron chi connectivity index (χ4n) is 9.13. The highest BCUT2D eigenvalue weighted by Gasteiger charge is 2.58. The molecule has 9 atom stereocenters. The zero-order valence-electron chi connectivity index (χ0n) is 23.5. The summed E-state index contributed by atoms with van der Waals surface area (Å²) in [7, 11) is 0. The van der Waals surface area contributed by atoms with Gasteiger partial charge in [-0.25, -0.2) is 0 Å². The van der Waals surface area contributed by atoms with Gasteiger partial charge in [0.15, 0.2) is 0 Å². The fourth-order valence-corrected chi connectivity index (χ4v) is 9.13. The van der Waals surface area contributed by atoms with Gasteiger partial charge in [-0.05, 0) is 98.2 Å². The van der Waals surface area contributed by atoms with E-state index < -0.39 is 0 Å². The Morgan fingerprint density at radius 1 is 1.06 bits per heavy atom. The Balaban J connectivity index is 0.000000815. The van der Waals surface area contributed by atoms with Crippen LogP contribution in [0.1, 0.15) is 118 Å². The molecule has 1 N–H and O–H groups in total. The lowest BCUT2D eigenvalue weighted by Gasteiger charge is -2.56. The van der Waals surface area contributed by atoms with Crippen molar-refractivity contribution in [3.63, 3.8) is 0 Å². The minimum absolute atomic E-state index is 0.276. The van der Waals surface area contributed by atoms with Gasteiger partial charge in [0.05, 0.1) is 24.4 Å². The van der Waals surface area contributed by atoms with Crippen molar-refractivity contribution in [1.82, 2.24) is 9.78 Å². The van der Waals surface area contributed by atoms with Crippen LogP contribution in [0.25, 0.3) is 0 Å². The Hall–Kier alpha value is -1.34. The molecule has 4 aliphatic rings. The third kappa shape index (κ3) is 5.66. The zero-order valence-corrected chi connectivity index (χ0v) is 23.5. The van der Waals surface area contributed by atoms with Crippen molar-refractivity contribution in [2.24, 2.45) is 46.8 Å². The fraction of sp³-hybridized carbons (Fsp3) is 0.871. The van der Waals surface area contributed by atoms with Gasteiger partial charge in [0.25, 0.3) is 0 Å². The van der Waals surface area contributed by atoms with E-state index in [9.17, 15) is 5.11 Å². The van der Waals surface area contributed by atoms with Crippen molar-refractivity contribution >= 4 is 0 Å². The van der Waals surface area contributed by atoms with Crippen molar-refractivity contribution in [2.75, 3.05) is 0 Å². The molecule has 0 saturated heterocycles. The molecular formula is C31H53N3O. The summed E-state index contributed by atoms with van der Waals surface area (Å²) < 4.78 is 1.77. The van der Waals surface area contributed by atoms with Crippen LogP contribution in [0.15, 0.2) is 12.4 Å². The monoisotopic (exact) mass is 483 g/mol. The summed E-state index contributed by atoms with van der Waals surface area (Å²) >= 11 is 0. The van der Waals surface area contributed by atoms with Crippen molar-refractivity contribution in [1.29, 1.82) is 5.26 Å². The molecule has 4 fully saturated rings. The second-order valence-electron chi connectivity index (χ2n) is 11.8. The molecule has 1 aromatic rings. The van der Waals surface area contributed by atoms with E-state index in [2.05, 4.69) is 25.0 Å². The summed E-state index contributed by atoms with van der Waals surface area (Å²) in [6.45, 7) is 13.4. The zero-order chi connectivity index (χ0) is 25.6. The van der Waals surface area contributed by atoms with Crippen LogP contribution in [0, 0.1) is 58.2 Å². The summed E-state index contributed by atoms with van der Waals surface area (Å²) in [6, 6.07) is 2.14. The van der Waals surface area contributed by atoms with Crippen LogP contribution in [-0.2, 0) is 6.54 Å². The van der Waals surface area contributed by atoms with Gasteiger partial charge in [-0.15, -0.1) is 0 Å². The molecule has 0 amide bonds. The molecule has 5 rings (SSSR count). The molecule has 7 unspecified atom stereocenters. The molecule has 4 nitrogen and oxygen atoms in total. The maximum atomic E-state index is 11.2. The summed E-state index contributed by atoms with van der Waals surface area (Å²) in [5.41, 5.74) is 0.853. The smallest absolute Gasteiger partial charge is 0.102 e. The second kappa shape index (κ2) is 12.8. The SMILES string of the molecule is CC.CC.CCCC1CCC2C(CCC3C2CCC2(C)C3CC[C@@H]2[C@H](O)Cn2cc(C#N)cn2)C1. The number of aliphatic hydroxyl groups excluding tert-OH is 1. The summed E-state index contributed by atoms with van der Waals surface area (Å²) in [5, 5.41) is 24.6. The Morgan fingerprint density at radius 3 is 2.49 bits per heavy atom. The lowest BCUT2D eigenvalue weighted by atomic mass is 9.49. The number of hydrogen-bond donors (Lipinski definition) is 1. The minimum atomic E-state index is -0.362. The van der Waals surface area contributed by atoms with E-state index >= 15 is 0 Å².